The summed E-state index contributed by atoms with van der Waals surface area (Å²) in [7, 11) is 0. The predicted octanol–water partition coefficient (Wildman–Crippen LogP) is 2.16. The maximum atomic E-state index is 11.9. The number of aliphatic hydroxyl groups excluding tert-OH is 1. The van der Waals surface area contributed by atoms with E-state index >= 15 is 0 Å². The Bertz CT molecular complexity index is 231. The van der Waals surface area contributed by atoms with Crippen LogP contribution in [0.5, 0.6) is 0 Å². The lowest BCUT2D eigenvalue weighted by Crippen LogP contribution is -2.38. The van der Waals surface area contributed by atoms with Gasteiger partial charge in [-0.15, -0.1) is 0 Å². The molecule has 0 aromatic rings. The summed E-state index contributed by atoms with van der Waals surface area (Å²) in [4.78, 5) is 13.7. The van der Waals surface area contributed by atoms with Gasteiger partial charge in [0.15, 0.2) is 0 Å². The van der Waals surface area contributed by atoms with E-state index in [0.717, 1.165) is 25.7 Å². The van der Waals surface area contributed by atoms with Crippen molar-refractivity contribution in [1.29, 1.82) is 0 Å². The third-order valence-corrected chi connectivity index (χ3v) is 2.42. The minimum atomic E-state index is -0.429. The van der Waals surface area contributed by atoms with Crippen molar-refractivity contribution in [3.63, 3.8) is 0 Å². The normalized spacial score (nSPS) is 16.0. The molecule has 0 aliphatic heterocycles. The molecule has 1 rings (SSSR count). The Balaban J connectivity index is 2.40. The first kappa shape index (κ1) is 13.3. The number of nitrogens with zero attached hydrogens (tertiary/aromatic N) is 1. The van der Waals surface area contributed by atoms with Gasteiger partial charge in [-0.2, -0.15) is 0 Å². The number of carbonyl (C=O) groups is 1. The van der Waals surface area contributed by atoms with E-state index in [4.69, 9.17) is 9.84 Å². The molecule has 0 unspecified atom stereocenters. The second kappa shape index (κ2) is 5.53. The van der Waals surface area contributed by atoms with Gasteiger partial charge in [-0.1, -0.05) is 0 Å². The zero-order valence-corrected chi connectivity index (χ0v) is 10.5. The number of amides is 1. The van der Waals surface area contributed by atoms with Crippen LogP contribution in [0.1, 0.15) is 46.5 Å². The fourth-order valence-corrected chi connectivity index (χ4v) is 1.52. The fourth-order valence-electron chi connectivity index (χ4n) is 1.52. The van der Waals surface area contributed by atoms with E-state index in [0.29, 0.717) is 12.6 Å². The smallest absolute Gasteiger partial charge is 0.410 e. The fraction of sp³-hybridized carbons (Fsp3) is 0.917. The van der Waals surface area contributed by atoms with Crippen LogP contribution in [0.3, 0.4) is 0 Å². The van der Waals surface area contributed by atoms with E-state index in [-0.39, 0.29) is 12.7 Å². The first-order chi connectivity index (χ1) is 7.44. The van der Waals surface area contributed by atoms with E-state index in [1.54, 1.807) is 4.90 Å². The summed E-state index contributed by atoms with van der Waals surface area (Å²) in [5, 5.41) is 8.72. The van der Waals surface area contributed by atoms with Gasteiger partial charge in [-0.25, -0.2) is 4.79 Å². The van der Waals surface area contributed by atoms with E-state index in [2.05, 4.69) is 0 Å². The molecular formula is C12H23NO3. The highest BCUT2D eigenvalue weighted by molar-refractivity contribution is 5.69. The number of hydrogen-bond donors (Lipinski definition) is 1. The standard InChI is InChI=1S/C12H23NO3/c1-12(2,3)16-11(15)13(10-6-7-10)8-4-5-9-14/h10,14H,4-9H2,1-3H3. The van der Waals surface area contributed by atoms with Crippen LogP contribution in [0.25, 0.3) is 0 Å². The molecule has 0 heterocycles. The van der Waals surface area contributed by atoms with Crippen LogP contribution in [-0.4, -0.2) is 40.9 Å². The highest BCUT2D eigenvalue weighted by atomic mass is 16.6. The molecule has 0 radical (unpaired) electrons. The largest absolute Gasteiger partial charge is 0.444 e. The summed E-state index contributed by atoms with van der Waals surface area (Å²) in [5.74, 6) is 0. The van der Waals surface area contributed by atoms with Gasteiger partial charge in [0.2, 0.25) is 0 Å². The lowest BCUT2D eigenvalue weighted by atomic mass is 10.2. The maximum absolute atomic E-state index is 11.9. The molecule has 16 heavy (non-hydrogen) atoms. The molecule has 1 amide bonds. The van der Waals surface area contributed by atoms with Crippen molar-refractivity contribution in [2.75, 3.05) is 13.2 Å². The second-order valence-corrected chi connectivity index (χ2v) is 5.34. The Hall–Kier alpha value is -0.770. The molecule has 0 spiro atoms. The second-order valence-electron chi connectivity index (χ2n) is 5.34. The van der Waals surface area contributed by atoms with Gasteiger partial charge in [-0.3, -0.25) is 0 Å². The molecule has 4 nitrogen and oxygen atoms in total. The molecular weight excluding hydrogens is 206 g/mol. The lowest BCUT2D eigenvalue weighted by Gasteiger charge is -2.27. The third-order valence-electron chi connectivity index (χ3n) is 2.42. The number of hydrogen-bond acceptors (Lipinski definition) is 3. The van der Waals surface area contributed by atoms with E-state index in [9.17, 15) is 4.79 Å². The van der Waals surface area contributed by atoms with E-state index in [1.165, 1.54) is 0 Å². The SMILES string of the molecule is CC(C)(C)OC(=O)N(CCCCO)C1CC1. The molecule has 0 aromatic heterocycles. The predicted molar refractivity (Wildman–Crippen MR) is 62.3 cm³/mol. The molecule has 4 heteroatoms. The highest BCUT2D eigenvalue weighted by Gasteiger charge is 2.34. The Morgan fingerprint density at radius 2 is 2.00 bits per heavy atom. The van der Waals surface area contributed by atoms with Gasteiger partial charge in [0, 0.05) is 19.2 Å². The van der Waals surface area contributed by atoms with Crippen LogP contribution in [-0.2, 0) is 4.74 Å². The zero-order chi connectivity index (χ0) is 12.2. The Morgan fingerprint density at radius 3 is 2.44 bits per heavy atom. The van der Waals surface area contributed by atoms with Crippen molar-refractivity contribution in [1.82, 2.24) is 4.90 Å². The Morgan fingerprint density at radius 1 is 1.38 bits per heavy atom. The van der Waals surface area contributed by atoms with Crippen LogP contribution in [0.4, 0.5) is 4.79 Å². The summed E-state index contributed by atoms with van der Waals surface area (Å²) in [5.41, 5.74) is -0.429. The molecule has 1 aliphatic carbocycles. The number of rotatable bonds is 5. The van der Waals surface area contributed by atoms with E-state index < -0.39 is 5.60 Å². The molecule has 1 saturated carbocycles. The quantitative estimate of drug-likeness (QED) is 0.735. The minimum absolute atomic E-state index is 0.187. The van der Waals surface area contributed by atoms with E-state index in [1.807, 2.05) is 20.8 Å². The van der Waals surface area contributed by atoms with Gasteiger partial charge in [-0.05, 0) is 46.5 Å². The first-order valence-corrected chi connectivity index (χ1v) is 6.04. The van der Waals surface area contributed by atoms with Crippen molar-refractivity contribution >= 4 is 6.09 Å². The summed E-state index contributed by atoms with van der Waals surface area (Å²) < 4.78 is 5.36. The molecule has 0 bridgehead atoms. The Labute approximate surface area is 97.6 Å². The molecule has 1 aliphatic rings. The summed E-state index contributed by atoms with van der Waals surface area (Å²) >= 11 is 0. The van der Waals surface area contributed by atoms with Crippen LogP contribution < -0.4 is 0 Å². The summed E-state index contributed by atoms with van der Waals surface area (Å²) in [6.45, 7) is 6.52. The summed E-state index contributed by atoms with van der Waals surface area (Å²) in [6, 6.07) is 0.369. The van der Waals surface area contributed by atoms with Crippen LogP contribution >= 0.6 is 0 Å². The third kappa shape index (κ3) is 4.84. The van der Waals surface area contributed by atoms with Crippen molar-refractivity contribution in [3.05, 3.63) is 0 Å². The van der Waals surface area contributed by atoms with Crippen LogP contribution in [0.15, 0.2) is 0 Å². The van der Waals surface area contributed by atoms with Crippen molar-refractivity contribution in [2.45, 2.75) is 58.1 Å². The number of ether oxygens (including phenoxy) is 1. The average Bonchev–Trinajstić information content (AvgIpc) is 2.92. The number of carbonyl (C=O) groups excluding carboxylic acids is 1. The zero-order valence-electron chi connectivity index (χ0n) is 10.5. The molecule has 0 atom stereocenters. The van der Waals surface area contributed by atoms with Gasteiger partial charge >= 0.3 is 6.09 Å². The van der Waals surface area contributed by atoms with Crippen LogP contribution in [0, 0.1) is 0 Å². The highest BCUT2D eigenvalue weighted by Crippen LogP contribution is 2.28. The minimum Gasteiger partial charge on any atom is -0.444 e. The molecule has 0 saturated heterocycles. The van der Waals surface area contributed by atoms with Crippen molar-refractivity contribution < 1.29 is 14.6 Å². The molecule has 0 aromatic carbocycles. The lowest BCUT2D eigenvalue weighted by molar-refractivity contribution is 0.0228. The topological polar surface area (TPSA) is 49.8 Å². The number of aliphatic hydroxyl groups is 1. The van der Waals surface area contributed by atoms with Crippen molar-refractivity contribution in [3.8, 4) is 0 Å². The summed E-state index contributed by atoms with van der Waals surface area (Å²) in [6.07, 6.45) is 3.53. The van der Waals surface area contributed by atoms with Gasteiger partial charge in [0.05, 0.1) is 0 Å². The molecule has 1 fully saturated rings. The van der Waals surface area contributed by atoms with Crippen molar-refractivity contribution in [2.24, 2.45) is 0 Å². The molecule has 94 valence electrons. The monoisotopic (exact) mass is 229 g/mol. The molecule has 1 N–H and O–H groups in total. The Kier molecular flexibility index (Phi) is 4.59. The van der Waals surface area contributed by atoms with Gasteiger partial charge in [0.1, 0.15) is 5.60 Å². The maximum Gasteiger partial charge on any atom is 0.410 e. The number of unbranched alkanes of at least 4 members (excludes halogenated alkanes) is 1. The van der Waals surface area contributed by atoms with Crippen LogP contribution in [0.2, 0.25) is 0 Å². The van der Waals surface area contributed by atoms with Gasteiger partial charge in [0.25, 0.3) is 0 Å². The first-order valence-electron chi connectivity index (χ1n) is 6.04. The average molecular weight is 229 g/mol. The van der Waals surface area contributed by atoms with Gasteiger partial charge < -0.3 is 14.7 Å².